The lowest BCUT2D eigenvalue weighted by atomic mass is 10.1. The molecule has 4 amide bonds. The topological polar surface area (TPSA) is 132 Å². The van der Waals surface area contributed by atoms with E-state index >= 15 is 0 Å². The number of benzene rings is 1. The van der Waals surface area contributed by atoms with E-state index in [2.05, 4.69) is 26.6 Å². The molecule has 202 valence electrons. The summed E-state index contributed by atoms with van der Waals surface area (Å²) in [6.07, 6.45) is -2.01. The fraction of sp³-hybridized carbons (Fsp3) is 0.625. The van der Waals surface area contributed by atoms with E-state index in [1.54, 1.807) is 13.8 Å². The lowest BCUT2D eigenvalue weighted by Crippen LogP contribution is -2.52. The Bertz CT molecular complexity index is 906. The van der Waals surface area contributed by atoms with Crippen LogP contribution in [0.15, 0.2) is 18.2 Å². The number of rotatable bonds is 13. The zero-order valence-corrected chi connectivity index (χ0v) is 20.8. The predicted octanol–water partition coefficient (Wildman–Crippen LogP) is 2.61. The first kappa shape index (κ1) is 29.4. The van der Waals surface area contributed by atoms with Crippen LogP contribution in [0, 0.1) is 5.92 Å². The summed E-state index contributed by atoms with van der Waals surface area (Å²) in [7, 11) is 0. The molecule has 6 N–H and O–H groups in total. The van der Waals surface area contributed by atoms with Gasteiger partial charge >= 0.3 is 12.2 Å². The molecule has 0 bridgehead atoms. The fourth-order valence-electron chi connectivity index (χ4n) is 3.50. The van der Waals surface area contributed by atoms with Crippen LogP contribution in [0.3, 0.4) is 0 Å². The first-order valence-electron chi connectivity index (χ1n) is 12.2. The number of halogens is 3. The molecule has 0 spiro atoms. The van der Waals surface area contributed by atoms with Crippen molar-refractivity contribution in [3.8, 4) is 0 Å². The van der Waals surface area contributed by atoms with Gasteiger partial charge in [0.05, 0.1) is 35.5 Å². The Hall–Kier alpha value is -2.86. The van der Waals surface area contributed by atoms with E-state index in [9.17, 15) is 32.7 Å². The first-order chi connectivity index (χ1) is 16.9. The Morgan fingerprint density at radius 1 is 1.14 bits per heavy atom. The molecule has 2 atom stereocenters. The highest BCUT2D eigenvalue weighted by Gasteiger charge is 2.32. The first-order valence-corrected chi connectivity index (χ1v) is 12.2. The molecule has 0 aliphatic heterocycles. The van der Waals surface area contributed by atoms with Crippen LogP contribution in [0.1, 0.15) is 62.4 Å². The summed E-state index contributed by atoms with van der Waals surface area (Å²) in [5, 5.41) is 23.5. The summed E-state index contributed by atoms with van der Waals surface area (Å²) in [5.74, 6) is -0.953. The van der Waals surface area contributed by atoms with Crippen LogP contribution in [-0.2, 0) is 11.0 Å². The molecule has 0 heterocycles. The van der Waals surface area contributed by atoms with Gasteiger partial charge < -0.3 is 31.7 Å². The van der Waals surface area contributed by atoms with Gasteiger partial charge in [0.1, 0.15) is 0 Å². The fourth-order valence-corrected chi connectivity index (χ4v) is 3.50. The lowest BCUT2D eigenvalue weighted by molar-refractivity contribution is -0.137. The molecule has 36 heavy (non-hydrogen) atoms. The Morgan fingerprint density at radius 2 is 1.83 bits per heavy atom. The van der Waals surface area contributed by atoms with E-state index in [-0.39, 0.29) is 11.7 Å². The number of urea groups is 1. The molecular weight excluding hydrogens is 479 g/mol. The van der Waals surface area contributed by atoms with E-state index in [1.807, 2.05) is 6.92 Å². The number of alkyl halides is 3. The second-order valence-electron chi connectivity index (χ2n) is 9.33. The molecule has 0 saturated heterocycles. The molecule has 9 nitrogen and oxygen atoms in total. The van der Waals surface area contributed by atoms with Crippen molar-refractivity contribution < 1.29 is 32.7 Å². The zero-order valence-electron chi connectivity index (χ0n) is 20.8. The molecule has 1 aliphatic rings. The smallest absolute Gasteiger partial charge is 0.391 e. The molecule has 12 heteroatoms. The number of hydrogen-bond donors (Lipinski definition) is 6. The number of aliphatic hydroxyl groups is 1. The number of anilines is 1. The average Bonchev–Trinajstić information content (AvgIpc) is 3.60. The Morgan fingerprint density at radius 3 is 2.42 bits per heavy atom. The summed E-state index contributed by atoms with van der Waals surface area (Å²) < 4.78 is 39.7. The van der Waals surface area contributed by atoms with E-state index in [4.69, 9.17) is 0 Å². The molecule has 2 rings (SSSR count). The van der Waals surface area contributed by atoms with Crippen LogP contribution in [0.25, 0.3) is 0 Å². The van der Waals surface area contributed by atoms with Gasteiger partial charge in [0, 0.05) is 12.6 Å². The Kier molecular flexibility index (Phi) is 11.0. The van der Waals surface area contributed by atoms with Crippen molar-refractivity contribution in [3.63, 3.8) is 0 Å². The lowest BCUT2D eigenvalue weighted by Gasteiger charge is -2.24. The number of carbonyl (C=O) groups is 3. The minimum atomic E-state index is -4.71. The van der Waals surface area contributed by atoms with Crippen molar-refractivity contribution in [2.24, 2.45) is 5.92 Å². The van der Waals surface area contributed by atoms with Crippen LogP contribution in [0.4, 0.5) is 23.7 Å². The highest BCUT2D eigenvalue weighted by Crippen LogP contribution is 2.32. The molecule has 1 saturated carbocycles. The third-order valence-corrected chi connectivity index (χ3v) is 5.56. The monoisotopic (exact) mass is 515 g/mol. The van der Waals surface area contributed by atoms with Crippen molar-refractivity contribution in [3.05, 3.63) is 29.3 Å². The van der Waals surface area contributed by atoms with Gasteiger partial charge in [0.25, 0.3) is 5.91 Å². The Balaban J connectivity index is 2.06. The third-order valence-electron chi connectivity index (χ3n) is 5.56. The van der Waals surface area contributed by atoms with Crippen molar-refractivity contribution >= 4 is 23.5 Å². The molecule has 1 fully saturated rings. The number of nitrogens with one attached hydrogen (secondary N) is 5. The number of hydrogen-bond acceptors (Lipinski definition) is 5. The number of aliphatic hydroxyl groups excluding tert-OH is 1. The van der Waals surface area contributed by atoms with Crippen molar-refractivity contribution in [1.82, 2.24) is 21.3 Å². The highest BCUT2D eigenvalue weighted by molar-refractivity contribution is 6.04. The maximum absolute atomic E-state index is 13.2. The molecule has 1 aromatic rings. The van der Waals surface area contributed by atoms with Gasteiger partial charge in [-0.2, -0.15) is 13.2 Å². The molecule has 1 aromatic carbocycles. The summed E-state index contributed by atoms with van der Waals surface area (Å²) in [4.78, 5) is 37.3. The van der Waals surface area contributed by atoms with Gasteiger partial charge in [-0.3, -0.25) is 9.59 Å². The van der Waals surface area contributed by atoms with Crippen LogP contribution in [0.5, 0.6) is 0 Å². The maximum Gasteiger partial charge on any atom is 0.416 e. The molecule has 1 aliphatic carbocycles. The van der Waals surface area contributed by atoms with Gasteiger partial charge in [0.15, 0.2) is 0 Å². The summed E-state index contributed by atoms with van der Waals surface area (Å²) in [5.41, 5.74) is -1.65. The van der Waals surface area contributed by atoms with Crippen LogP contribution in [0.2, 0.25) is 0 Å². The molecule has 0 radical (unpaired) electrons. The highest BCUT2D eigenvalue weighted by atomic mass is 19.4. The van der Waals surface area contributed by atoms with Gasteiger partial charge in [-0.05, 0) is 63.8 Å². The van der Waals surface area contributed by atoms with Gasteiger partial charge in [-0.25, -0.2) is 4.79 Å². The number of amides is 4. The maximum atomic E-state index is 13.2. The predicted molar refractivity (Wildman–Crippen MR) is 130 cm³/mol. The van der Waals surface area contributed by atoms with Gasteiger partial charge in [0.2, 0.25) is 5.91 Å². The van der Waals surface area contributed by atoms with Crippen LogP contribution < -0.4 is 26.6 Å². The zero-order chi connectivity index (χ0) is 26.9. The quantitative estimate of drug-likeness (QED) is 0.240. The van der Waals surface area contributed by atoms with E-state index in [0.717, 1.165) is 31.5 Å². The summed E-state index contributed by atoms with van der Waals surface area (Å²) in [6.45, 7) is 5.92. The van der Waals surface area contributed by atoms with E-state index in [0.29, 0.717) is 31.4 Å². The largest absolute Gasteiger partial charge is 0.416 e. The standard InChI is InChI=1S/C24H36F3N5O4/c1-4-5-20(33)19(12-28-11-15-6-7-15)31-21(34)13-29-22(35)17-10-16(24(25,26)27)8-9-18(17)32-23(36)30-14(2)3/h8-10,14-15,19-20,28,33H,4-7,11-13H2,1-3H3,(H,29,35)(H,31,34)(H2,30,32,36)/t19-,20-/m0/s1. The van der Waals surface area contributed by atoms with Crippen molar-refractivity contribution in [1.29, 1.82) is 0 Å². The van der Waals surface area contributed by atoms with Crippen LogP contribution >= 0.6 is 0 Å². The summed E-state index contributed by atoms with van der Waals surface area (Å²) in [6, 6.07) is 0.841. The second kappa shape index (κ2) is 13.4. The molecule has 0 aromatic heterocycles. The van der Waals surface area contributed by atoms with Gasteiger partial charge in [-0.1, -0.05) is 13.3 Å². The van der Waals surface area contributed by atoms with E-state index in [1.165, 1.54) is 0 Å². The molecular formula is C24H36F3N5O4. The number of carbonyl (C=O) groups excluding carboxylic acids is 3. The van der Waals surface area contributed by atoms with E-state index < -0.39 is 53.8 Å². The normalized spacial score (nSPS) is 15.2. The minimum absolute atomic E-state index is 0.139. The third kappa shape index (κ3) is 10.0. The summed E-state index contributed by atoms with van der Waals surface area (Å²) >= 11 is 0. The SMILES string of the molecule is CCC[C@H](O)[C@H](CNCC1CC1)NC(=O)CNC(=O)c1cc(C(F)(F)F)ccc1NC(=O)NC(C)C. The Labute approximate surface area is 209 Å². The van der Waals surface area contributed by atoms with Gasteiger partial charge in [-0.15, -0.1) is 0 Å². The minimum Gasteiger partial charge on any atom is -0.391 e. The second-order valence-corrected chi connectivity index (χ2v) is 9.33. The van der Waals surface area contributed by atoms with Crippen molar-refractivity contribution in [2.45, 2.75) is 70.8 Å². The van der Waals surface area contributed by atoms with Crippen LogP contribution in [-0.4, -0.2) is 60.8 Å². The molecule has 0 unspecified atom stereocenters. The average molecular weight is 516 g/mol. The van der Waals surface area contributed by atoms with Crippen molar-refractivity contribution in [2.75, 3.05) is 25.0 Å².